The standard InChI is InChI=1S/2C5H5.CS2.Ti/c2*1-2-4-5-3-1;2-1-3;/h2*1-5H;;/q;;-2;+2. The monoisotopic (exact) mass is 254 g/mol. The molecule has 0 bridgehead atoms. The molecule has 0 aromatic carbocycles. The fraction of sp³-hybridized carbons (Fsp3) is 0. The van der Waals surface area contributed by atoms with Gasteiger partial charge in [-0.2, -0.15) is 0 Å². The molecular weight excluding hydrogens is 244 g/mol. The quantitative estimate of drug-likeness (QED) is 0.282. The molecule has 0 amide bonds. The Bertz CT molecular complexity index is 74.2. The largest absolute Gasteiger partial charge is 2.00 e. The Hall–Kier alpha value is 1.02. The molecule has 70 valence electrons. The predicted octanol–water partition coefficient (Wildman–Crippen LogP) is 2.41. The molecule has 3 heteroatoms. The fourth-order valence-corrected chi connectivity index (χ4v) is 0.642. The van der Waals surface area contributed by atoms with Crippen molar-refractivity contribution in [1.82, 2.24) is 0 Å². The molecule has 0 N–H and O–H groups in total. The number of thiocarbonyl (C=S) groups is 1. The Morgan fingerprint density at radius 3 is 0.786 bits per heavy atom. The summed E-state index contributed by atoms with van der Waals surface area (Å²) in [6.07, 6.45) is 20.0. The Kier molecular flexibility index (Phi) is 20.5. The second kappa shape index (κ2) is 16.5. The first kappa shape index (κ1) is 17.4. The van der Waals surface area contributed by atoms with Crippen LogP contribution in [0.15, 0.2) is 0 Å². The summed E-state index contributed by atoms with van der Waals surface area (Å²) in [6.45, 7) is 0. The molecule has 14 heavy (non-hydrogen) atoms. The van der Waals surface area contributed by atoms with E-state index < -0.39 is 0 Å². The van der Waals surface area contributed by atoms with Crippen molar-refractivity contribution >= 4 is 29.5 Å². The molecular formula is C11H10S2Ti. The maximum absolute atomic E-state index is 3.96. The zero-order valence-corrected chi connectivity index (χ0v) is 10.8. The van der Waals surface area contributed by atoms with Crippen LogP contribution in [0.2, 0.25) is 0 Å². The molecule has 0 nitrogen and oxygen atoms in total. The molecule has 0 saturated heterocycles. The minimum absolute atomic E-state index is 0. The zero-order chi connectivity index (χ0) is 9.78. The average Bonchev–Trinajstić information content (AvgIpc) is 2.85. The van der Waals surface area contributed by atoms with Gasteiger partial charge in [0, 0.05) is 0 Å². The Balaban J connectivity index is 0. The van der Waals surface area contributed by atoms with E-state index in [0.717, 1.165) is 0 Å². The minimum Gasteiger partial charge on any atom is -0.692 e. The molecule has 2 aliphatic rings. The van der Waals surface area contributed by atoms with Gasteiger partial charge < -0.3 is 29.5 Å². The third-order valence-electron chi connectivity index (χ3n) is 1.11. The summed E-state index contributed by atoms with van der Waals surface area (Å²) in [7, 11) is 0. The van der Waals surface area contributed by atoms with Crippen LogP contribution in [-0.2, 0) is 34.3 Å². The fourth-order valence-electron chi connectivity index (χ4n) is 0.642. The van der Waals surface area contributed by atoms with Gasteiger partial charge in [0.25, 0.3) is 0 Å². The summed E-state index contributed by atoms with van der Waals surface area (Å²) in [6, 6.07) is 0. The van der Waals surface area contributed by atoms with Crippen LogP contribution < -0.4 is 0 Å². The minimum atomic E-state index is 0. The molecule has 0 heterocycles. The van der Waals surface area contributed by atoms with E-state index in [-0.39, 0.29) is 21.7 Å². The molecule has 10 radical (unpaired) electrons. The van der Waals surface area contributed by atoms with E-state index in [2.05, 4.69) is 24.8 Å². The van der Waals surface area contributed by atoms with Gasteiger partial charge in [-0.3, -0.25) is 0 Å². The van der Waals surface area contributed by atoms with E-state index in [1.54, 1.807) is 0 Å². The summed E-state index contributed by atoms with van der Waals surface area (Å²) in [5, 5.41) is 0. The topological polar surface area (TPSA) is 0 Å². The van der Waals surface area contributed by atoms with Gasteiger partial charge in [-0.15, -0.1) is 0 Å². The molecule has 0 aliphatic heterocycles. The summed E-state index contributed by atoms with van der Waals surface area (Å²) in [5.41, 5.74) is 0. The molecule has 0 spiro atoms. The van der Waals surface area contributed by atoms with Gasteiger partial charge in [-0.1, -0.05) is 0 Å². The summed E-state index contributed by atoms with van der Waals surface area (Å²) < 4.78 is 1.92. The van der Waals surface area contributed by atoms with E-state index in [0.29, 0.717) is 0 Å². The molecule has 2 saturated carbocycles. The maximum Gasteiger partial charge on any atom is 2.00 e. The first-order valence-electron chi connectivity index (χ1n) is 3.74. The number of hydrogen-bond acceptors (Lipinski definition) is 2. The van der Waals surface area contributed by atoms with Crippen molar-refractivity contribution in [2.24, 2.45) is 0 Å². The molecule has 0 aromatic heterocycles. The third kappa shape index (κ3) is 15.5. The molecule has 0 aromatic rings. The van der Waals surface area contributed by atoms with E-state index in [9.17, 15) is 0 Å². The van der Waals surface area contributed by atoms with Crippen molar-refractivity contribution in [2.75, 3.05) is 0 Å². The Morgan fingerprint density at radius 2 is 0.714 bits per heavy atom. The normalized spacial score (nSPS) is 18.0. The van der Waals surface area contributed by atoms with Gasteiger partial charge in [0.05, 0.1) is 0 Å². The van der Waals surface area contributed by atoms with E-state index in [1.807, 2.05) is 68.9 Å². The maximum atomic E-state index is 3.96. The molecule has 0 unspecified atom stereocenters. The van der Waals surface area contributed by atoms with Crippen molar-refractivity contribution in [2.45, 2.75) is 0 Å². The van der Waals surface area contributed by atoms with Crippen LogP contribution in [0, 0.1) is 64.2 Å². The molecule has 2 fully saturated rings. The van der Waals surface area contributed by atoms with E-state index >= 15 is 0 Å². The molecule has 0 atom stereocenters. The van der Waals surface area contributed by atoms with Gasteiger partial charge in [0.2, 0.25) is 0 Å². The Labute approximate surface area is 115 Å². The third-order valence-corrected chi connectivity index (χ3v) is 1.11. The van der Waals surface area contributed by atoms with Crippen LogP contribution in [-0.4, -0.2) is 4.70 Å². The van der Waals surface area contributed by atoms with Crippen LogP contribution in [0.5, 0.6) is 0 Å². The van der Waals surface area contributed by atoms with Gasteiger partial charge in [-0.25, -0.2) is 0 Å². The van der Waals surface area contributed by atoms with Crippen molar-refractivity contribution in [1.29, 1.82) is 0 Å². The van der Waals surface area contributed by atoms with Gasteiger partial charge in [0.15, 0.2) is 0 Å². The van der Waals surface area contributed by atoms with Crippen LogP contribution in [0.4, 0.5) is 0 Å². The average molecular weight is 254 g/mol. The number of hydrogen-bond donors (Lipinski definition) is 0. The SMILES string of the molecule is S=[C-][S-].[CH]1[CH][CH][CH][CH]1.[CH]1[CH][CH][CH][CH]1.[Ti+2]. The van der Waals surface area contributed by atoms with E-state index in [4.69, 9.17) is 0 Å². The summed E-state index contributed by atoms with van der Waals surface area (Å²) >= 11 is 7.92. The van der Waals surface area contributed by atoms with Gasteiger partial charge in [-0.05, 0) is 64.2 Å². The Morgan fingerprint density at radius 1 is 0.643 bits per heavy atom. The van der Waals surface area contributed by atoms with Crippen molar-refractivity contribution in [3.8, 4) is 0 Å². The van der Waals surface area contributed by atoms with Crippen molar-refractivity contribution in [3.63, 3.8) is 0 Å². The van der Waals surface area contributed by atoms with Crippen LogP contribution >= 0.6 is 12.2 Å². The smallest absolute Gasteiger partial charge is 0.692 e. The summed E-state index contributed by atoms with van der Waals surface area (Å²) in [5.74, 6) is 0. The predicted molar refractivity (Wildman–Crippen MR) is 63.0 cm³/mol. The zero-order valence-electron chi connectivity index (χ0n) is 7.59. The summed E-state index contributed by atoms with van der Waals surface area (Å²) in [4.78, 5) is 0. The van der Waals surface area contributed by atoms with Crippen LogP contribution in [0.3, 0.4) is 0 Å². The van der Waals surface area contributed by atoms with Crippen molar-refractivity contribution < 1.29 is 21.7 Å². The van der Waals surface area contributed by atoms with Crippen LogP contribution in [0.1, 0.15) is 0 Å². The first-order chi connectivity index (χ1) is 6.41. The molecule has 2 aliphatic carbocycles. The number of rotatable bonds is 0. The van der Waals surface area contributed by atoms with Gasteiger partial charge >= 0.3 is 21.7 Å². The van der Waals surface area contributed by atoms with Gasteiger partial charge in [0.1, 0.15) is 0 Å². The van der Waals surface area contributed by atoms with E-state index in [1.165, 1.54) is 0 Å². The second-order valence-corrected chi connectivity index (χ2v) is 2.67. The van der Waals surface area contributed by atoms with Crippen molar-refractivity contribution in [3.05, 3.63) is 64.2 Å². The van der Waals surface area contributed by atoms with Crippen LogP contribution in [0.25, 0.3) is 0 Å². The second-order valence-electron chi connectivity index (χ2n) is 2.01. The molecule has 2 rings (SSSR count). The first-order valence-corrected chi connectivity index (χ1v) is 4.56.